The summed E-state index contributed by atoms with van der Waals surface area (Å²) in [7, 11) is -2.00. The first-order valence-corrected chi connectivity index (χ1v) is 8.83. The molecule has 1 aliphatic heterocycles. The van der Waals surface area contributed by atoms with Gasteiger partial charge in [-0.05, 0) is 19.3 Å². The molecular weight excluding hydrogens is 282 g/mol. The van der Waals surface area contributed by atoms with E-state index in [2.05, 4.69) is 4.74 Å². The lowest BCUT2D eigenvalue weighted by Gasteiger charge is -2.42. The molecule has 1 saturated carbocycles. The average molecular weight is 305 g/mol. The summed E-state index contributed by atoms with van der Waals surface area (Å²) >= 11 is 0. The van der Waals surface area contributed by atoms with Gasteiger partial charge in [0.05, 0.1) is 31.6 Å². The summed E-state index contributed by atoms with van der Waals surface area (Å²) in [6, 6.07) is -0.0133. The minimum absolute atomic E-state index is 0.00528. The van der Waals surface area contributed by atoms with Crippen LogP contribution in [-0.4, -0.2) is 56.9 Å². The Kier molecular flexibility index (Phi) is 5.40. The van der Waals surface area contributed by atoms with Crippen LogP contribution in [0.4, 0.5) is 0 Å². The summed E-state index contributed by atoms with van der Waals surface area (Å²) in [5.74, 6) is -0.358. The summed E-state index contributed by atoms with van der Waals surface area (Å²) < 4.78 is 36.7. The van der Waals surface area contributed by atoms with E-state index in [1.165, 1.54) is 7.11 Å². The Bertz CT molecular complexity index is 434. The predicted molar refractivity (Wildman–Crippen MR) is 73.7 cm³/mol. The number of carbonyl (C=O) groups excluding carboxylic acids is 1. The molecule has 0 aromatic heterocycles. The first-order chi connectivity index (χ1) is 9.54. The van der Waals surface area contributed by atoms with Gasteiger partial charge in [0.25, 0.3) is 0 Å². The van der Waals surface area contributed by atoms with Crippen LogP contribution in [0.5, 0.6) is 0 Å². The van der Waals surface area contributed by atoms with E-state index in [1.54, 1.807) is 4.31 Å². The molecule has 20 heavy (non-hydrogen) atoms. The van der Waals surface area contributed by atoms with Gasteiger partial charge in [-0.3, -0.25) is 4.79 Å². The number of hydrogen-bond donors (Lipinski definition) is 0. The van der Waals surface area contributed by atoms with E-state index < -0.39 is 10.0 Å². The molecule has 0 radical (unpaired) electrons. The maximum absolute atomic E-state index is 12.4. The van der Waals surface area contributed by atoms with E-state index in [1.807, 2.05) is 0 Å². The molecular formula is C13H23NO5S. The van der Waals surface area contributed by atoms with E-state index in [9.17, 15) is 13.2 Å². The summed E-state index contributed by atoms with van der Waals surface area (Å²) in [5, 5.41) is 0. The number of ether oxygens (including phenoxy) is 2. The number of fused-ring (bicyclic) bond motifs is 1. The Morgan fingerprint density at radius 3 is 2.85 bits per heavy atom. The lowest BCUT2D eigenvalue weighted by molar-refractivity contribution is -0.140. The molecule has 1 heterocycles. The summed E-state index contributed by atoms with van der Waals surface area (Å²) in [5.41, 5.74) is 0. The maximum Gasteiger partial charge on any atom is 0.305 e. The normalized spacial score (nSPS) is 27.9. The molecule has 0 bridgehead atoms. The van der Waals surface area contributed by atoms with E-state index in [0.29, 0.717) is 19.6 Å². The SMILES string of the molecule is COC(=O)CCCS(=O)(=O)N1CCOC2CCCCC21. The first-order valence-electron chi connectivity index (χ1n) is 7.22. The van der Waals surface area contributed by atoms with Gasteiger partial charge < -0.3 is 9.47 Å². The average Bonchev–Trinajstić information content (AvgIpc) is 2.46. The second-order valence-electron chi connectivity index (χ2n) is 5.37. The zero-order valence-electron chi connectivity index (χ0n) is 11.9. The Balaban J connectivity index is 1.95. The van der Waals surface area contributed by atoms with Gasteiger partial charge in [0.2, 0.25) is 10.0 Å². The van der Waals surface area contributed by atoms with Gasteiger partial charge in [0.1, 0.15) is 0 Å². The van der Waals surface area contributed by atoms with Gasteiger partial charge in [0.15, 0.2) is 0 Å². The van der Waals surface area contributed by atoms with Gasteiger partial charge in [-0.2, -0.15) is 4.31 Å². The Hall–Kier alpha value is -0.660. The van der Waals surface area contributed by atoms with Gasteiger partial charge in [-0.25, -0.2) is 8.42 Å². The molecule has 2 aliphatic rings. The molecule has 6 nitrogen and oxygen atoms in total. The summed E-state index contributed by atoms with van der Waals surface area (Å²) in [6.07, 6.45) is 4.49. The number of sulfonamides is 1. The Labute approximate surface area is 120 Å². The third kappa shape index (κ3) is 3.71. The first kappa shape index (κ1) is 15.7. The van der Waals surface area contributed by atoms with Crippen LogP contribution >= 0.6 is 0 Å². The molecule has 0 aromatic carbocycles. The lowest BCUT2D eigenvalue weighted by atomic mass is 9.91. The molecule has 0 spiro atoms. The smallest absolute Gasteiger partial charge is 0.305 e. The summed E-state index contributed by atoms with van der Waals surface area (Å²) in [6.45, 7) is 0.902. The predicted octanol–water partition coefficient (Wildman–Crippen LogP) is 0.913. The van der Waals surface area contributed by atoms with Crippen molar-refractivity contribution in [3.8, 4) is 0 Å². The molecule has 116 valence electrons. The zero-order valence-corrected chi connectivity index (χ0v) is 12.7. The largest absolute Gasteiger partial charge is 0.469 e. The third-order valence-electron chi connectivity index (χ3n) is 4.05. The number of morpholine rings is 1. The van der Waals surface area contributed by atoms with Crippen LogP contribution in [-0.2, 0) is 24.3 Å². The molecule has 0 N–H and O–H groups in total. The molecule has 0 aromatic rings. The molecule has 2 unspecified atom stereocenters. The highest BCUT2D eigenvalue weighted by molar-refractivity contribution is 7.89. The van der Waals surface area contributed by atoms with Crippen molar-refractivity contribution < 1.29 is 22.7 Å². The molecule has 1 aliphatic carbocycles. The van der Waals surface area contributed by atoms with Crippen LogP contribution in [0.25, 0.3) is 0 Å². The fourth-order valence-electron chi connectivity index (χ4n) is 3.02. The third-order valence-corrected chi connectivity index (χ3v) is 6.02. The van der Waals surface area contributed by atoms with Crippen LogP contribution in [0.15, 0.2) is 0 Å². The molecule has 1 saturated heterocycles. The van der Waals surface area contributed by atoms with E-state index in [-0.39, 0.29) is 30.3 Å². The quantitative estimate of drug-likeness (QED) is 0.706. The number of nitrogens with zero attached hydrogens (tertiary/aromatic N) is 1. The minimum Gasteiger partial charge on any atom is -0.469 e. The van der Waals surface area contributed by atoms with Crippen molar-refractivity contribution in [1.29, 1.82) is 0 Å². The van der Waals surface area contributed by atoms with Crippen molar-refractivity contribution in [2.45, 2.75) is 50.7 Å². The molecule has 0 amide bonds. The van der Waals surface area contributed by atoms with Gasteiger partial charge >= 0.3 is 5.97 Å². The maximum atomic E-state index is 12.4. The van der Waals surface area contributed by atoms with Crippen molar-refractivity contribution in [2.75, 3.05) is 26.0 Å². The second-order valence-corrected chi connectivity index (χ2v) is 7.41. The minimum atomic E-state index is -3.31. The number of methoxy groups -OCH3 is 1. The van der Waals surface area contributed by atoms with Crippen molar-refractivity contribution >= 4 is 16.0 Å². The van der Waals surface area contributed by atoms with E-state index >= 15 is 0 Å². The fourth-order valence-corrected chi connectivity index (χ4v) is 4.77. The monoisotopic (exact) mass is 305 g/mol. The van der Waals surface area contributed by atoms with Crippen LogP contribution in [0.1, 0.15) is 38.5 Å². The van der Waals surface area contributed by atoms with Crippen molar-refractivity contribution in [3.05, 3.63) is 0 Å². The number of rotatable bonds is 5. The van der Waals surface area contributed by atoms with Gasteiger partial charge in [-0.1, -0.05) is 12.8 Å². The van der Waals surface area contributed by atoms with Crippen LogP contribution in [0, 0.1) is 0 Å². The second kappa shape index (κ2) is 6.87. The van der Waals surface area contributed by atoms with Crippen molar-refractivity contribution in [1.82, 2.24) is 4.31 Å². The summed E-state index contributed by atoms with van der Waals surface area (Å²) in [4.78, 5) is 11.1. The number of hydrogen-bond acceptors (Lipinski definition) is 5. The van der Waals surface area contributed by atoms with Gasteiger partial charge in [-0.15, -0.1) is 0 Å². The topological polar surface area (TPSA) is 72.9 Å². The lowest BCUT2D eigenvalue weighted by Crippen LogP contribution is -2.55. The highest BCUT2D eigenvalue weighted by atomic mass is 32.2. The highest BCUT2D eigenvalue weighted by Gasteiger charge is 2.39. The standard InChI is InChI=1S/C13H23NO5S/c1-18-13(15)7-4-10-20(16,17)14-8-9-19-12-6-3-2-5-11(12)14/h11-12H,2-10H2,1H3. The van der Waals surface area contributed by atoms with E-state index in [4.69, 9.17) is 4.74 Å². The Morgan fingerprint density at radius 1 is 1.35 bits per heavy atom. The molecule has 2 atom stereocenters. The van der Waals surface area contributed by atoms with Gasteiger partial charge in [0, 0.05) is 13.0 Å². The zero-order chi connectivity index (χ0) is 14.6. The highest BCUT2D eigenvalue weighted by Crippen LogP contribution is 2.30. The van der Waals surface area contributed by atoms with Crippen molar-refractivity contribution in [2.24, 2.45) is 0 Å². The molecule has 2 fully saturated rings. The fraction of sp³-hybridized carbons (Fsp3) is 0.923. The number of carbonyl (C=O) groups is 1. The van der Waals surface area contributed by atoms with Crippen LogP contribution in [0.2, 0.25) is 0 Å². The Morgan fingerprint density at radius 2 is 2.10 bits per heavy atom. The molecule has 7 heteroatoms. The molecule has 2 rings (SSSR count). The van der Waals surface area contributed by atoms with E-state index in [0.717, 1.165) is 25.7 Å². The van der Waals surface area contributed by atoms with Crippen LogP contribution in [0.3, 0.4) is 0 Å². The van der Waals surface area contributed by atoms with Crippen LogP contribution < -0.4 is 0 Å². The van der Waals surface area contributed by atoms with Crippen molar-refractivity contribution in [3.63, 3.8) is 0 Å². The number of esters is 1.